The van der Waals surface area contributed by atoms with Crippen LogP contribution in [0.1, 0.15) is 11.5 Å². The van der Waals surface area contributed by atoms with Crippen LogP contribution in [0.25, 0.3) is 10.7 Å². The zero-order chi connectivity index (χ0) is 20.8. The molecule has 0 saturated heterocycles. The Balaban J connectivity index is 1.79. The van der Waals surface area contributed by atoms with Gasteiger partial charge in [0.05, 0.1) is 39.3 Å². The molecular weight excluding hydrogens is 462 g/mol. The number of nitrogens with zero attached hydrogens (tertiary/aromatic N) is 3. The van der Waals surface area contributed by atoms with Gasteiger partial charge in [-0.1, -0.05) is 5.16 Å². The summed E-state index contributed by atoms with van der Waals surface area (Å²) in [6.07, 6.45) is 0. The highest BCUT2D eigenvalue weighted by Gasteiger charge is 2.18. The second-order valence-electron chi connectivity index (χ2n) is 6.08. The smallest absolute Gasteiger partial charge is 0.319 e. The largest absolute Gasteiger partial charge is 0.497 e. The molecule has 0 aliphatic rings. The number of thiophene rings is 1. The number of benzene rings is 1. The maximum absolute atomic E-state index is 11.9. The first-order valence-corrected chi connectivity index (χ1v) is 10.3. The number of rotatable bonds is 9. The minimum absolute atomic E-state index is 0.0677. The molecule has 0 aliphatic heterocycles. The SMILES string of the molecule is COC(=O)CN(Cc1cc(OC)cc(OC)c1)Cc1nc(-c2cc(Br)cs2)no1. The molecule has 0 aliphatic carbocycles. The number of esters is 1. The molecule has 3 aromatic rings. The van der Waals surface area contributed by atoms with Gasteiger partial charge in [0.1, 0.15) is 11.5 Å². The Hall–Kier alpha value is -2.43. The van der Waals surface area contributed by atoms with E-state index in [2.05, 4.69) is 26.1 Å². The van der Waals surface area contributed by atoms with Crippen molar-refractivity contribution >= 4 is 33.2 Å². The summed E-state index contributed by atoms with van der Waals surface area (Å²) in [6.45, 7) is 0.789. The first kappa shape index (κ1) is 21.3. The minimum atomic E-state index is -0.359. The van der Waals surface area contributed by atoms with Crippen LogP contribution in [-0.4, -0.2) is 48.9 Å². The normalized spacial score (nSPS) is 10.9. The van der Waals surface area contributed by atoms with Gasteiger partial charge in [0.2, 0.25) is 11.7 Å². The van der Waals surface area contributed by atoms with Crippen molar-refractivity contribution in [3.05, 3.63) is 45.6 Å². The number of carbonyl (C=O) groups is 1. The third kappa shape index (κ3) is 5.78. The first-order valence-electron chi connectivity index (χ1n) is 8.58. The molecule has 154 valence electrons. The quantitative estimate of drug-likeness (QED) is 0.427. The molecule has 29 heavy (non-hydrogen) atoms. The van der Waals surface area contributed by atoms with Crippen molar-refractivity contribution in [2.24, 2.45) is 0 Å². The predicted octanol–water partition coefficient (Wildman–Crippen LogP) is 3.75. The monoisotopic (exact) mass is 481 g/mol. The number of carbonyl (C=O) groups excluding carboxylic acids is 1. The van der Waals surface area contributed by atoms with Gasteiger partial charge in [-0.05, 0) is 39.7 Å². The molecule has 0 saturated carbocycles. The highest BCUT2D eigenvalue weighted by atomic mass is 79.9. The Bertz CT molecular complexity index is 952. The van der Waals surface area contributed by atoms with Crippen molar-refractivity contribution in [2.75, 3.05) is 27.9 Å². The van der Waals surface area contributed by atoms with Crippen LogP contribution < -0.4 is 9.47 Å². The van der Waals surface area contributed by atoms with Crippen molar-refractivity contribution in [2.45, 2.75) is 13.1 Å². The molecule has 0 spiro atoms. The van der Waals surface area contributed by atoms with Gasteiger partial charge in [0.15, 0.2) is 0 Å². The third-order valence-electron chi connectivity index (χ3n) is 4.01. The molecule has 8 nitrogen and oxygen atoms in total. The standard InChI is InChI=1S/C19H20BrN3O5S/c1-25-14-4-12(5-15(7-14)26-2)8-23(10-18(24)27-3)9-17-21-19(22-28-17)16-6-13(20)11-29-16/h4-7,11H,8-10H2,1-3H3. The fourth-order valence-electron chi connectivity index (χ4n) is 2.67. The Morgan fingerprint density at radius 2 is 1.86 bits per heavy atom. The summed E-state index contributed by atoms with van der Waals surface area (Å²) in [6, 6.07) is 7.48. The number of hydrogen-bond acceptors (Lipinski definition) is 9. The zero-order valence-electron chi connectivity index (χ0n) is 16.2. The van der Waals surface area contributed by atoms with Gasteiger partial charge < -0.3 is 18.7 Å². The van der Waals surface area contributed by atoms with Crippen molar-refractivity contribution < 1.29 is 23.5 Å². The maximum Gasteiger partial charge on any atom is 0.319 e. The number of hydrogen-bond donors (Lipinski definition) is 0. The van der Waals surface area contributed by atoms with Crippen molar-refractivity contribution in [3.63, 3.8) is 0 Å². The van der Waals surface area contributed by atoms with Crippen molar-refractivity contribution in [1.29, 1.82) is 0 Å². The topological polar surface area (TPSA) is 86.9 Å². The minimum Gasteiger partial charge on any atom is -0.497 e. The van der Waals surface area contributed by atoms with E-state index in [9.17, 15) is 4.79 Å². The lowest BCUT2D eigenvalue weighted by Crippen LogP contribution is -2.30. The van der Waals surface area contributed by atoms with E-state index in [-0.39, 0.29) is 19.1 Å². The number of ether oxygens (including phenoxy) is 3. The van der Waals surface area contributed by atoms with Crippen LogP contribution in [0.3, 0.4) is 0 Å². The van der Waals surface area contributed by atoms with Gasteiger partial charge in [-0.3, -0.25) is 9.69 Å². The van der Waals surface area contributed by atoms with Gasteiger partial charge in [-0.2, -0.15) is 4.98 Å². The lowest BCUT2D eigenvalue weighted by atomic mass is 10.2. The van der Waals surface area contributed by atoms with Gasteiger partial charge in [-0.25, -0.2) is 0 Å². The molecule has 0 N–H and O–H groups in total. The second-order valence-corrected chi connectivity index (χ2v) is 7.91. The molecule has 2 heterocycles. The lowest BCUT2D eigenvalue weighted by molar-refractivity contribution is -0.142. The van der Waals surface area contributed by atoms with Crippen LogP contribution in [-0.2, 0) is 22.6 Å². The summed E-state index contributed by atoms with van der Waals surface area (Å²) >= 11 is 4.93. The molecule has 2 aromatic heterocycles. The highest BCUT2D eigenvalue weighted by molar-refractivity contribution is 9.10. The van der Waals surface area contributed by atoms with Crippen molar-refractivity contribution in [3.8, 4) is 22.2 Å². The summed E-state index contributed by atoms with van der Waals surface area (Å²) in [5, 5.41) is 5.98. The summed E-state index contributed by atoms with van der Waals surface area (Å²) < 4.78 is 21.8. The van der Waals surface area contributed by atoms with Crippen LogP contribution in [0.4, 0.5) is 0 Å². The Labute approximate surface area is 180 Å². The third-order valence-corrected chi connectivity index (χ3v) is 5.70. The maximum atomic E-state index is 11.9. The molecule has 0 amide bonds. The van der Waals surface area contributed by atoms with Crippen LogP contribution in [0.5, 0.6) is 11.5 Å². The lowest BCUT2D eigenvalue weighted by Gasteiger charge is -2.20. The molecule has 0 fully saturated rings. The summed E-state index contributed by atoms with van der Waals surface area (Å²) in [4.78, 5) is 19.1. The van der Waals surface area contributed by atoms with Crippen LogP contribution in [0.2, 0.25) is 0 Å². The van der Waals surface area contributed by atoms with E-state index in [0.29, 0.717) is 29.8 Å². The summed E-state index contributed by atoms with van der Waals surface area (Å²) in [5.41, 5.74) is 0.909. The Kier molecular flexibility index (Phi) is 7.24. The molecule has 3 rings (SSSR count). The average molecular weight is 482 g/mol. The van der Waals surface area contributed by atoms with E-state index in [1.54, 1.807) is 20.3 Å². The second kappa shape index (κ2) is 9.86. The Morgan fingerprint density at radius 3 is 2.45 bits per heavy atom. The van der Waals surface area contributed by atoms with E-state index in [0.717, 1.165) is 14.9 Å². The van der Waals surface area contributed by atoms with Gasteiger partial charge >= 0.3 is 5.97 Å². The molecule has 0 radical (unpaired) electrons. The summed E-state index contributed by atoms with van der Waals surface area (Å²) in [5.74, 6) is 1.89. The van der Waals surface area contributed by atoms with E-state index < -0.39 is 0 Å². The molecule has 10 heteroatoms. The molecule has 1 aromatic carbocycles. The van der Waals surface area contributed by atoms with Crippen LogP contribution >= 0.6 is 27.3 Å². The zero-order valence-corrected chi connectivity index (χ0v) is 18.6. The fourth-order valence-corrected chi connectivity index (χ4v) is 4.02. The summed E-state index contributed by atoms with van der Waals surface area (Å²) in [7, 11) is 4.54. The van der Waals surface area contributed by atoms with Crippen LogP contribution in [0.15, 0.2) is 38.6 Å². The van der Waals surface area contributed by atoms with E-state index >= 15 is 0 Å². The average Bonchev–Trinajstić information content (AvgIpc) is 3.36. The van der Waals surface area contributed by atoms with Gasteiger partial charge in [-0.15, -0.1) is 11.3 Å². The molecule has 0 bridgehead atoms. The predicted molar refractivity (Wildman–Crippen MR) is 111 cm³/mol. The number of methoxy groups -OCH3 is 3. The molecule has 0 unspecified atom stereocenters. The fraction of sp³-hybridized carbons (Fsp3) is 0.316. The van der Waals surface area contributed by atoms with E-state index in [1.807, 2.05) is 28.5 Å². The molecular formula is C19H20BrN3O5S. The highest BCUT2D eigenvalue weighted by Crippen LogP contribution is 2.28. The first-order chi connectivity index (χ1) is 14.0. The Morgan fingerprint density at radius 1 is 1.14 bits per heavy atom. The molecule has 0 atom stereocenters. The van der Waals surface area contributed by atoms with Gasteiger partial charge in [0, 0.05) is 22.5 Å². The number of halogens is 1. The number of aromatic nitrogens is 2. The van der Waals surface area contributed by atoms with Crippen molar-refractivity contribution in [1.82, 2.24) is 15.0 Å². The van der Waals surface area contributed by atoms with Gasteiger partial charge in [0.25, 0.3) is 0 Å². The van der Waals surface area contributed by atoms with E-state index in [1.165, 1.54) is 18.4 Å². The van der Waals surface area contributed by atoms with Crippen LogP contribution in [0, 0.1) is 0 Å². The van der Waals surface area contributed by atoms with E-state index in [4.69, 9.17) is 18.7 Å².